The lowest BCUT2D eigenvalue weighted by atomic mass is 9.76. The smallest absolute Gasteiger partial charge is 0.161 e. The highest BCUT2D eigenvalue weighted by Gasteiger charge is 2.39. The van der Waals surface area contributed by atoms with Gasteiger partial charge in [0.15, 0.2) is 11.5 Å². The van der Waals surface area contributed by atoms with E-state index in [0.717, 1.165) is 27.7 Å². The van der Waals surface area contributed by atoms with Gasteiger partial charge in [0.2, 0.25) is 0 Å². The van der Waals surface area contributed by atoms with Gasteiger partial charge in [-0.1, -0.05) is 35.3 Å². The molecule has 0 bridgehead atoms. The number of carbonyl (C=O) groups is 1. The summed E-state index contributed by atoms with van der Waals surface area (Å²) in [7, 11) is 1.79. The average Bonchev–Trinajstić information content (AvgIpc) is 2.77. The monoisotopic (exact) mass is 579 g/mol. The van der Waals surface area contributed by atoms with Gasteiger partial charge < -0.3 is 15.4 Å². The predicted molar refractivity (Wildman–Crippen MR) is 133 cm³/mol. The Morgan fingerprint density at radius 1 is 1.22 bits per heavy atom. The molecule has 0 saturated heterocycles. The molecule has 2 N–H and O–H groups in total. The number of allylic oxidation sites excluding steroid dienone is 3. The fourth-order valence-electron chi connectivity index (χ4n) is 4.22. The number of halogens is 3. The summed E-state index contributed by atoms with van der Waals surface area (Å²) in [5.74, 6) is 0.134. The molecule has 0 spiro atoms. The Labute approximate surface area is 210 Å². The quantitative estimate of drug-likeness (QED) is 0.456. The van der Waals surface area contributed by atoms with E-state index in [1.807, 2.05) is 24.3 Å². The summed E-state index contributed by atoms with van der Waals surface area (Å²) < 4.78 is 7.04. The van der Waals surface area contributed by atoms with Crippen molar-refractivity contribution in [3.63, 3.8) is 0 Å². The van der Waals surface area contributed by atoms with Gasteiger partial charge in [-0.15, -0.1) is 0 Å². The number of ketones is 1. The first-order valence-electron chi connectivity index (χ1n) is 10.1. The Balaban J connectivity index is 1.72. The van der Waals surface area contributed by atoms with Crippen molar-refractivity contribution in [2.24, 2.45) is 5.73 Å². The molecule has 2 aliphatic rings. The van der Waals surface area contributed by atoms with Crippen LogP contribution in [0.2, 0.25) is 10.0 Å². The first kappa shape index (κ1) is 23.0. The highest BCUT2D eigenvalue weighted by Crippen LogP contribution is 2.46. The highest BCUT2D eigenvalue weighted by atomic mass is 127. The second-order valence-corrected chi connectivity index (χ2v) is 9.83. The fourth-order valence-corrected chi connectivity index (χ4v) is 5.19. The van der Waals surface area contributed by atoms with Gasteiger partial charge in [-0.25, -0.2) is 0 Å². The fraction of sp³-hybridized carbons (Fsp3) is 0.250. The van der Waals surface area contributed by atoms with Gasteiger partial charge in [-0.05, 0) is 70.8 Å². The first-order chi connectivity index (χ1) is 15.3. The maximum atomic E-state index is 12.9. The summed E-state index contributed by atoms with van der Waals surface area (Å²) in [6.07, 6.45) is 1.93. The van der Waals surface area contributed by atoms with Crippen LogP contribution in [0.4, 0.5) is 0 Å². The van der Waals surface area contributed by atoms with Crippen LogP contribution in [-0.4, -0.2) is 17.7 Å². The minimum atomic E-state index is -0.598. The molecule has 0 saturated carbocycles. The number of ether oxygens (including phenoxy) is 1. The van der Waals surface area contributed by atoms with Crippen molar-refractivity contribution in [2.45, 2.75) is 31.8 Å². The normalized spacial score (nSPS) is 18.5. The lowest BCUT2D eigenvalue weighted by Gasteiger charge is -2.37. The number of nitrogens with two attached hydrogens (primary N) is 1. The Kier molecular flexibility index (Phi) is 6.70. The standard InChI is InChI=1S/C24H20Cl2IN3O2/c1-30-19-3-2-4-20(31)22(19)21(16(11-28)24(30)29)14-9-17(25)23(18(26)10-14)32-12-13-5-7-15(27)8-6-13/h5-10,21H,2-4,12,29H2,1H3/t21-/m0/s1. The van der Waals surface area contributed by atoms with Crippen LogP contribution in [0.5, 0.6) is 5.75 Å². The zero-order valence-electron chi connectivity index (χ0n) is 17.3. The zero-order valence-corrected chi connectivity index (χ0v) is 21.0. The number of benzene rings is 2. The van der Waals surface area contributed by atoms with E-state index in [0.29, 0.717) is 51.4 Å². The lowest BCUT2D eigenvalue weighted by molar-refractivity contribution is -0.116. The Morgan fingerprint density at radius 2 is 1.88 bits per heavy atom. The summed E-state index contributed by atoms with van der Waals surface area (Å²) in [5, 5.41) is 10.5. The van der Waals surface area contributed by atoms with Crippen molar-refractivity contribution in [3.05, 3.63) is 83.8 Å². The van der Waals surface area contributed by atoms with E-state index in [4.69, 9.17) is 33.7 Å². The van der Waals surface area contributed by atoms with E-state index < -0.39 is 5.92 Å². The highest BCUT2D eigenvalue weighted by molar-refractivity contribution is 14.1. The zero-order chi connectivity index (χ0) is 23.0. The molecule has 8 heteroatoms. The van der Waals surface area contributed by atoms with E-state index in [2.05, 4.69) is 28.7 Å². The van der Waals surface area contributed by atoms with E-state index in [1.165, 1.54) is 0 Å². The number of Topliss-reactive ketones (excluding diaryl/α,β-unsaturated/α-hetero) is 1. The molecule has 5 nitrogen and oxygen atoms in total. The average molecular weight is 580 g/mol. The van der Waals surface area contributed by atoms with Crippen molar-refractivity contribution in [2.75, 3.05) is 7.05 Å². The number of carbonyl (C=O) groups excluding carboxylic acids is 1. The molecule has 4 rings (SSSR count). The summed E-state index contributed by atoms with van der Waals surface area (Å²) >= 11 is 15.4. The van der Waals surface area contributed by atoms with Gasteiger partial charge in [0.25, 0.3) is 0 Å². The number of nitriles is 1. The maximum absolute atomic E-state index is 12.9. The molecule has 0 unspecified atom stereocenters. The van der Waals surface area contributed by atoms with Gasteiger partial charge in [-0.2, -0.15) is 5.26 Å². The summed E-state index contributed by atoms with van der Waals surface area (Å²) in [6, 6.07) is 13.6. The topological polar surface area (TPSA) is 79.3 Å². The van der Waals surface area contributed by atoms with Crippen molar-refractivity contribution >= 4 is 51.6 Å². The molecule has 164 valence electrons. The summed E-state index contributed by atoms with van der Waals surface area (Å²) in [6.45, 7) is 0.314. The molecule has 0 radical (unpaired) electrons. The van der Waals surface area contributed by atoms with E-state index >= 15 is 0 Å². The molecule has 1 heterocycles. The third-order valence-corrected chi connectivity index (χ3v) is 7.10. The SMILES string of the molecule is CN1C(N)=C(C#N)[C@H](c2cc(Cl)c(OCc3ccc(I)cc3)c(Cl)c2)C2=C1CCCC2=O. The molecule has 32 heavy (non-hydrogen) atoms. The summed E-state index contributed by atoms with van der Waals surface area (Å²) in [4.78, 5) is 14.7. The van der Waals surface area contributed by atoms with Crippen LogP contribution in [0.15, 0.2) is 59.1 Å². The maximum Gasteiger partial charge on any atom is 0.161 e. The van der Waals surface area contributed by atoms with Crippen LogP contribution in [0.25, 0.3) is 0 Å². The van der Waals surface area contributed by atoms with E-state index in [-0.39, 0.29) is 5.78 Å². The molecule has 2 aromatic rings. The molecule has 1 aliphatic heterocycles. The third-order valence-electron chi connectivity index (χ3n) is 5.82. The van der Waals surface area contributed by atoms with Crippen molar-refractivity contribution in [1.29, 1.82) is 5.26 Å². The van der Waals surface area contributed by atoms with Gasteiger partial charge in [0.1, 0.15) is 12.4 Å². The summed E-state index contributed by atoms with van der Waals surface area (Å²) in [5.41, 5.74) is 9.70. The molecule has 0 aromatic heterocycles. The van der Waals surface area contributed by atoms with Crippen LogP contribution >= 0.6 is 45.8 Å². The van der Waals surface area contributed by atoms with E-state index in [1.54, 1.807) is 24.1 Å². The lowest BCUT2D eigenvalue weighted by Crippen LogP contribution is -2.36. The van der Waals surface area contributed by atoms with Crippen LogP contribution < -0.4 is 10.5 Å². The second kappa shape index (κ2) is 9.34. The van der Waals surface area contributed by atoms with Crippen LogP contribution in [0.1, 0.15) is 36.3 Å². The largest absolute Gasteiger partial charge is 0.486 e. The Bertz CT molecular complexity index is 1180. The second-order valence-electron chi connectivity index (χ2n) is 7.77. The van der Waals surface area contributed by atoms with Crippen LogP contribution in [0.3, 0.4) is 0 Å². The van der Waals surface area contributed by atoms with Gasteiger partial charge in [0, 0.05) is 28.3 Å². The Morgan fingerprint density at radius 3 is 2.50 bits per heavy atom. The number of nitrogens with zero attached hydrogens (tertiary/aromatic N) is 2. The molecular weight excluding hydrogens is 560 g/mol. The van der Waals surface area contributed by atoms with Crippen LogP contribution in [0, 0.1) is 14.9 Å². The molecule has 1 aliphatic carbocycles. The minimum absolute atomic E-state index is 0.0228. The third kappa shape index (κ3) is 4.21. The van der Waals surface area contributed by atoms with Crippen LogP contribution in [-0.2, 0) is 11.4 Å². The number of hydrogen-bond donors (Lipinski definition) is 1. The number of rotatable bonds is 4. The van der Waals surface area contributed by atoms with Crippen molar-refractivity contribution in [3.8, 4) is 11.8 Å². The van der Waals surface area contributed by atoms with Crippen molar-refractivity contribution in [1.82, 2.24) is 4.90 Å². The van der Waals surface area contributed by atoms with Crippen molar-refractivity contribution < 1.29 is 9.53 Å². The first-order valence-corrected chi connectivity index (χ1v) is 11.9. The molecule has 2 aromatic carbocycles. The predicted octanol–water partition coefficient (Wildman–Crippen LogP) is 5.91. The van der Waals surface area contributed by atoms with Gasteiger partial charge in [0.05, 0.1) is 27.6 Å². The molecule has 0 fully saturated rings. The molecule has 0 amide bonds. The number of hydrogen-bond acceptors (Lipinski definition) is 5. The van der Waals surface area contributed by atoms with Gasteiger partial charge >= 0.3 is 0 Å². The molecular formula is C24H20Cl2IN3O2. The molecule has 1 atom stereocenters. The van der Waals surface area contributed by atoms with Gasteiger partial charge in [-0.3, -0.25) is 4.79 Å². The van der Waals surface area contributed by atoms with E-state index in [9.17, 15) is 10.1 Å². The Hall–Kier alpha value is -2.21. The minimum Gasteiger partial charge on any atom is -0.486 e.